The molecule has 0 aliphatic heterocycles. The lowest BCUT2D eigenvalue weighted by Crippen LogP contribution is -1.95. The topological polar surface area (TPSA) is 12.4 Å². The smallest absolute Gasteiger partial charge is 0.0782 e. The van der Waals surface area contributed by atoms with Crippen LogP contribution in [0.2, 0.25) is 15.1 Å². The number of hydrogen-bond donors (Lipinski definition) is 0. The summed E-state index contributed by atoms with van der Waals surface area (Å²) in [7, 11) is 0. The van der Waals surface area contributed by atoms with Gasteiger partial charge in [0.25, 0.3) is 0 Å². The van der Waals surface area contributed by atoms with Gasteiger partial charge in [0.15, 0.2) is 0 Å². The Morgan fingerprint density at radius 3 is 2.24 bits per heavy atom. The first kappa shape index (κ1) is 18.0. The molecule has 126 valence electrons. The molecule has 0 N–H and O–H groups in total. The van der Waals surface area contributed by atoms with Gasteiger partial charge in [-0.1, -0.05) is 95.5 Å². The average molecular weight is 389 g/mol. The van der Waals surface area contributed by atoms with E-state index in [0.29, 0.717) is 15.1 Å². The number of aliphatic imine (C=N–C) groups is 1. The predicted octanol–water partition coefficient (Wildman–Crippen LogP) is 7.49. The molecule has 0 radical (unpaired) electrons. The minimum Gasteiger partial charge on any atom is -0.285 e. The first-order chi connectivity index (χ1) is 12.1. The van der Waals surface area contributed by atoms with Gasteiger partial charge in [-0.3, -0.25) is 4.99 Å². The standard InChI is InChI=1S/C21H16Cl3N/c1-14(17-11-12-19(22)21(24)20(17)23)25-13-16-9-5-6-10-18(16)15-7-3-2-4-8-15/h2-14H,1H3/b25-13+. The van der Waals surface area contributed by atoms with Gasteiger partial charge in [-0.05, 0) is 29.7 Å². The average Bonchev–Trinajstić information content (AvgIpc) is 2.65. The van der Waals surface area contributed by atoms with Crippen molar-refractivity contribution in [1.29, 1.82) is 0 Å². The Balaban J connectivity index is 1.92. The molecular weight excluding hydrogens is 373 g/mol. The van der Waals surface area contributed by atoms with E-state index in [1.54, 1.807) is 6.07 Å². The molecule has 0 heterocycles. The van der Waals surface area contributed by atoms with E-state index in [1.807, 2.05) is 49.5 Å². The van der Waals surface area contributed by atoms with E-state index in [4.69, 9.17) is 34.8 Å². The Labute approximate surface area is 162 Å². The highest BCUT2D eigenvalue weighted by Gasteiger charge is 2.13. The van der Waals surface area contributed by atoms with Crippen LogP contribution in [0.4, 0.5) is 0 Å². The minimum absolute atomic E-state index is 0.133. The number of benzene rings is 3. The fraction of sp³-hybridized carbons (Fsp3) is 0.0952. The molecule has 1 nitrogen and oxygen atoms in total. The van der Waals surface area contributed by atoms with Crippen molar-refractivity contribution in [2.45, 2.75) is 13.0 Å². The van der Waals surface area contributed by atoms with E-state index in [9.17, 15) is 0 Å². The molecule has 3 aromatic carbocycles. The monoisotopic (exact) mass is 387 g/mol. The van der Waals surface area contributed by atoms with Crippen LogP contribution in [0.25, 0.3) is 11.1 Å². The lowest BCUT2D eigenvalue weighted by molar-refractivity contribution is 0.825. The van der Waals surface area contributed by atoms with Crippen LogP contribution in [-0.4, -0.2) is 6.21 Å². The molecule has 0 aliphatic carbocycles. The molecule has 0 bridgehead atoms. The molecule has 25 heavy (non-hydrogen) atoms. The molecule has 4 heteroatoms. The zero-order valence-electron chi connectivity index (χ0n) is 13.6. The second-order valence-electron chi connectivity index (χ2n) is 5.67. The minimum atomic E-state index is -0.133. The van der Waals surface area contributed by atoms with Crippen LogP contribution in [0, 0.1) is 0 Å². The molecule has 0 spiro atoms. The van der Waals surface area contributed by atoms with Gasteiger partial charge in [-0.15, -0.1) is 0 Å². The molecule has 1 unspecified atom stereocenters. The van der Waals surface area contributed by atoms with Crippen molar-refractivity contribution in [1.82, 2.24) is 0 Å². The molecule has 1 atom stereocenters. The van der Waals surface area contributed by atoms with Crippen molar-refractivity contribution in [2.24, 2.45) is 4.99 Å². The molecule has 3 rings (SSSR count). The lowest BCUT2D eigenvalue weighted by atomic mass is 10.0. The second-order valence-corrected chi connectivity index (χ2v) is 6.84. The maximum absolute atomic E-state index is 6.31. The third-order valence-electron chi connectivity index (χ3n) is 4.00. The predicted molar refractivity (Wildman–Crippen MR) is 109 cm³/mol. The van der Waals surface area contributed by atoms with Crippen LogP contribution in [0.5, 0.6) is 0 Å². The summed E-state index contributed by atoms with van der Waals surface area (Å²) < 4.78 is 0. The van der Waals surface area contributed by atoms with Crippen LogP contribution in [0.3, 0.4) is 0 Å². The van der Waals surface area contributed by atoms with Gasteiger partial charge in [0.05, 0.1) is 21.1 Å². The normalized spacial score (nSPS) is 12.5. The number of nitrogens with zero attached hydrogens (tertiary/aromatic N) is 1. The van der Waals surface area contributed by atoms with E-state index in [1.165, 1.54) is 0 Å². The molecule has 0 saturated carbocycles. The van der Waals surface area contributed by atoms with Crippen LogP contribution in [0.15, 0.2) is 71.7 Å². The molecular formula is C21H16Cl3N. The first-order valence-electron chi connectivity index (χ1n) is 7.89. The second kappa shape index (κ2) is 8.05. The van der Waals surface area contributed by atoms with Crippen molar-refractivity contribution in [2.75, 3.05) is 0 Å². The summed E-state index contributed by atoms with van der Waals surface area (Å²) in [6, 6.07) is 21.9. The molecule has 0 aromatic heterocycles. The summed E-state index contributed by atoms with van der Waals surface area (Å²) >= 11 is 18.4. The van der Waals surface area contributed by atoms with Gasteiger partial charge in [0.2, 0.25) is 0 Å². The van der Waals surface area contributed by atoms with E-state index in [0.717, 1.165) is 22.3 Å². The van der Waals surface area contributed by atoms with E-state index < -0.39 is 0 Å². The Kier molecular flexibility index (Phi) is 5.80. The van der Waals surface area contributed by atoms with Crippen molar-refractivity contribution < 1.29 is 0 Å². The molecule has 0 saturated heterocycles. The Morgan fingerprint density at radius 2 is 1.48 bits per heavy atom. The summed E-state index contributed by atoms with van der Waals surface area (Å²) in [4.78, 5) is 4.67. The van der Waals surface area contributed by atoms with Crippen molar-refractivity contribution in [3.8, 4) is 11.1 Å². The SMILES string of the molecule is CC(/N=C/c1ccccc1-c1ccccc1)c1ccc(Cl)c(Cl)c1Cl. The number of hydrogen-bond acceptors (Lipinski definition) is 1. The van der Waals surface area contributed by atoms with E-state index in [-0.39, 0.29) is 6.04 Å². The maximum atomic E-state index is 6.31. The van der Waals surface area contributed by atoms with Gasteiger partial charge < -0.3 is 0 Å². The van der Waals surface area contributed by atoms with E-state index >= 15 is 0 Å². The number of rotatable bonds is 4. The van der Waals surface area contributed by atoms with Gasteiger partial charge in [0.1, 0.15) is 0 Å². The summed E-state index contributed by atoms with van der Waals surface area (Å²) in [5.41, 5.74) is 4.20. The summed E-state index contributed by atoms with van der Waals surface area (Å²) in [6.45, 7) is 1.98. The third-order valence-corrected chi connectivity index (χ3v) is 5.31. The fourth-order valence-corrected chi connectivity index (χ4v) is 3.33. The molecule has 0 aliphatic rings. The van der Waals surface area contributed by atoms with Crippen LogP contribution in [-0.2, 0) is 0 Å². The van der Waals surface area contributed by atoms with Crippen molar-refractivity contribution >= 4 is 41.0 Å². The quantitative estimate of drug-likeness (QED) is 0.324. The number of halogens is 3. The van der Waals surface area contributed by atoms with Crippen molar-refractivity contribution in [3.63, 3.8) is 0 Å². The zero-order valence-corrected chi connectivity index (χ0v) is 15.9. The van der Waals surface area contributed by atoms with Crippen LogP contribution in [0.1, 0.15) is 24.1 Å². The van der Waals surface area contributed by atoms with Gasteiger partial charge in [-0.2, -0.15) is 0 Å². The Hall–Kier alpha value is -1.80. The first-order valence-corrected chi connectivity index (χ1v) is 9.02. The molecule has 0 amide bonds. The van der Waals surface area contributed by atoms with Gasteiger partial charge in [-0.25, -0.2) is 0 Å². The fourth-order valence-electron chi connectivity index (χ4n) is 2.63. The Bertz CT molecular complexity index is 904. The summed E-state index contributed by atoms with van der Waals surface area (Å²) in [6.07, 6.45) is 1.88. The summed E-state index contributed by atoms with van der Waals surface area (Å²) in [5.74, 6) is 0. The zero-order chi connectivity index (χ0) is 17.8. The highest BCUT2D eigenvalue weighted by molar-refractivity contribution is 6.48. The highest BCUT2D eigenvalue weighted by Crippen LogP contribution is 2.36. The Morgan fingerprint density at radius 1 is 0.800 bits per heavy atom. The third kappa shape index (κ3) is 4.07. The van der Waals surface area contributed by atoms with Gasteiger partial charge >= 0.3 is 0 Å². The van der Waals surface area contributed by atoms with Crippen molar-refractivity contribution in [3.05, 3.63) is 92.9 Å². The highest BCUT2D eigenvalue weighted by atomic mass is 35.5. The lowest BCUT2D eigenvalue weighted by Gasteiger charge is -2.12. The van der Waals surface area contributed by atoms with Crippen LogP contribution < -0.4 is 0 Å². The maximum Gasteiger partial charge on any atom is 0.0782 e. The largest absolute Gasteiger partial charge is 0.285 e. The van der Waals surface area contributed by atoms with Crippen LogP contribution >= 0.6 is 34.8 Å². The summed E-state index contributed by atoms with van der Waals surface area (Å²) in [5, 5.41) is 1.27. The van der Waals surface area contributed by atoms with E-state index in [2.05, 4.69) is 29.3 Å². The molecule has 0 fully saturated rings. The molecule has 3 aromatic rings. The van der Waals surface area contributed by atoms with Gasteiger partial charge in [0, 0.05) is 11.8 Å².